The highest BCUT2D eigenvalue weighted by molar-refractivity contribution is 5.96. The number of hydrogen-bond acceptors (Lipinski definition) is 2. The SMILES string of the molecule is CC(C)c1ccc2cc(C(=O)N(C)CC(F)(F)F)oc2c1. The van der Waals surface area contributed by atoms with Crippen molar-refractivity contribution in [1.82, 2.24) is 4.90 Å². The van der Waals surface area contributed by atoms with Gasteiger partial charge in [-0.15, -0.1) is 0 Å². The molecule has 0 aliphatic carbocycles. The summed E-state index contributed by atoms with van der Waals surface area (Å²) in [5, 5.41) is 0.697. The van der Waals surface area contributed by atoms with Crippen LogP contribution in [0.2, 0.25) is 0 Å². The highest BCUT2D eigenvalue weighted by Gasteiger charge is 2.32. The van der Waals surface area contributed by atoms with Gasteiger partial charge in [-0.25, -0.2) is 0 Å². The van der Waals surface area contributed by atoms with Crippen molar-refractivity contribution < 1.29 is 22.4 Å². The summed E-state index contributed by atoms with van der Waals surface area (Å²) in [6.45, 7) is 2.74. The Labute approximate surface area is 120 Å². The van der Waals surface area contributed by atoms with Crippen LogP contribution in [0.5, 0.6) is 0 Å². The molecular weight excluding hydrogens is 283 g/mol. The number of furan rings is 1. The maximum absolute atomic E-state index is 12.3. The summed E-state index contributed by atoms with van der Waals surface area (Å²) in [4.78, 5) is 12.5. The van der Waals surface area contributed by atoms with Crippen molar-refractivity contribution in [3.8, 4) is 0 Å². The summed E-state index contributed by atoms with van der Waals surface area (Å²) in [5.74, 6) is -0.571. The minimum atomic E-state index is -4.43. The number of carbonyl (C=O) groups excluding carboxylic acids is 1. The molecule has 0 bridgehead atoms. The first-order chi connectivity index (χ1) is 9.67. The number of rotatable bonds is 3. The standard InChI is InChI=1S/C15H16F3NO2/c1-9(2)10-4-5-11-7-13(21-12(11)6-10)14(20)19(3)8-15(16,17)18/h4-7,9H,8H2,1-3H3. The molecule has 0 fully saturated rings. The summed E-state index contributed by atoms with van der Waals surface area (Å²) in [7, 11) is 1.10. The molecule has 1 aromatic carbocycles. The average molecular weight is 299 g/mol. The summed E-state index contributed by atoms with van der Waals surface area (Å²) in [5.41, 5.74) is 1.55. The maximum atomic E-state index is 12.3. The number of carbonyl (C=O) groups is 1. The molecule has 0 unspecified atom stereocenters. The zero-order chi connectivity index (χ0) is 15.8. The molecule has 0 saturated carbocycles. The minimum absolute atomic E-state index is 0.0855. The van der Waals surface area contributed by atoms with E-state index in [1.807, 2.05) is 19.9 Å². The van der Waals surface area contributed by atoms with E-state index in [9.17, 15) is 18.0 Å². The molecule has 0 radical (unpaired) electrons. The van der Waals surface area contributed by atoms with Crippen molar-refractivity contribution in [2.75, 3.05) is 13.6 Å². The lowest BCUT2D eigenvalue weighted by molar-refractivity contribution is -0.138. The molecule has 6 heteroatoms. The second-order valence-electron chi connectivity index (χ2n) is 5.34. The van der Waals surface area contributed by atoms with Gasteiger partial charge in [0.2, 0.25) is 0 Å². The van der Waals surface area contributed by atoms with Crippen LogP contribution in [0.15, 0.2) is 28.7 Å². The normalized spacial score (nSPS) is 12.1. The predicted molar refractivity (Wildman–Crippen MR) is 73.3 cm³/mol. The fraction of sp³-hybridized carbons (Fsp3) is 0.400. The van der Waals surface area contributed by atoms with Gasteiger partial charge in [-0.3, -0.25) is 4.79 Å². The first-order valence-corrected chi connectivity index (χ1v) is 6.53. The van der Waals surface area contributed by atoms with Crippen molar-refractivity contribution >= 4 is 16.9 Å². The zero-order valence-corrected chi connectivity index (χ0v) is 12.0. The van der Waals surface area contributed by atoms with E-state index in [4.69, 9.17) is 4.42 Å². The number of fused-ring (bicyclic) bond motifs is 1. The minimum Gasteiger partial charge on any atom is -0.451 e. The molecule has 0 aliphatic heterocycles. The molecule has 3 nitrogen and oxygen atoms in total. The van der Waals surface area contributed by atoms with Crippen LogP contribution < -0.4 is 0 Å². The Morgan fingerprint density at radius 3 is 2.52 bits per heavy atom. The Morgan fingerprint density at radius 2 is 1.95 bits per heavy atom. The lowest BCUT2D eigenvalue weighted by Gasteiger charge is -2.17. The van der Waals surface area contributed by atoms with Gasteiger partial charge in [0, 0.05) is 12.4 Å². The van der Waals surface area contributed by atoms with E-state index in [2.05, 4.69) is 0 Å². The first-order valence-electron chi connectivity index (χ1n) is 6.53. The number of alkyl halides is 3. The Bertz CT molecular complexity index is 658. The van der Waals surface area contributed by atoms with Crippen LogP contribution in [0.4, 0.5) is 13.2 Å². The van der Waals surface area contributed by atoms with Crippen LogP contribution in [0, 0.1) is 0 Å². The molecule has 2 rings (SSSR count). The van der Waals surface area contributed by atoms with Gasteiger partial charge in [-0.1, -0.05) is 26.0 Å². The predicted octanol–water partition coefficient (Wildman–Crippen LogP) is 4.19. The van der Waals surface area contributed by atoms with Gasteiger partial charge in [0.05, 0.1) is 0 Å². The van der Waals surface area contributed by atoms with Crippen LogP contribution >= 0.6 is 0 Å². The molecule has 1 heterocycles. The van der Waals surface area contributed by atoms with Gasteiger partial charge >= 0.3 is 6.18 Å². The van der Waals surface area contributed by atoms with Crippen LogP contribution in [0.3, 0.4) is 0 Å². The Hall–Kier alpha value is -1.98. The third-order valence-electron chi connectivity index (χ3n) is 3.18. The van der Waals surface area contributed by atoms with E-state index in [0.717, 1.165) is 12.6 Å². The molecule has 0 aliphatic rings. The maximum Gasteiger partial charge on any atom is 0.406 e. The topological polar surface area (TPSA) is 33.5 Å². The van der Waals surface area contributed by atoms with Crippen LogP contribution in [-0.4, -0.2) is 30.6 Å². The molecule has 1 amide bonds. The third-order valence-corrected chi connectivity index (χ3v) is 3.18. The van der Waals surface area contributed by atoms with Gasteiger partial charge in [0.25, 0.3) is 5.91 Å². The molecule has 0 spiro atoms. The van der Waals surface area contributed by atoms with Crippen molar-refractivity contribution in [2.45, 2.75) is 25.9 Å². The van der Waals surface area contributed by atoms with Crippen molar-refractivity contribution in [2.24, 2.45) is 0 Å². The van der Waals surface area contributed by atoms with Gasteiger partial charge in [0.15, 0.2) is 5.76 Å². The van der Waals surface area contributed by atoms with E-state index < -0.39 is 18.6 Å². The molecule has 1 aromatic heterocycles. The monoisotopic (exact) mass is 299 g/mol. The summed E-state index contributed by atoms with van der Waals surface area (Å²) in [6, 6.07) is 6.99. The lowest BCUT2D eigenvalue weighted by atomic mass is 10.0. The second-order valence-corrected chi connectivity index (χ2v) is 5.34. The molecule has 114 valence electrons. The Kier molecular flexibility index (Phi) is 3.98. The van der Waals surface area contributed by atoms with Crippen LogP contribution in [0.1, 0.15) is 35.9 Å². The number of amides is 1. The van der Waals surface area contributed by atoms with Crippen molar-refractivity contribution in [1.29, 1.82) is 0 Å². The fourth-order valence-electron chi connectivity index (χ4n) is 2.04. The van der Waals surface area contributed by atoms with E-state index in [1.54, 1.807) is 12.1 Å². The smallest absolute Gasteiger partial charge is 0.406 e. The highest BCUT2D eigenvalue weighted by atomic mass is 19.4. The molecular formula is C15H16F3NO2. The van der Waals surface area contributed by atoms with Gasteiger partial charge < -0.3 is 9.32 Å². The number of nitrogens with zero attached hydrogens (tertiary/aromatic N) is 1. The number of hydrogen-bond donors (Lipinski definition) is 0. The largest absolute Gasteiger partial charge is 0.451 e. The summed E-state index contributed by atoms with van der Waals surface area (Å²) >= 11 is 0. The Balaban J connectivity index is 2.28. The summed E-state index contributed by atoms with van der Waals surface area (Å²) in [6.07, 6.45) is -4.43. The molecule has 21 heavy (non-hydrogen) atoms. The fourth-order valence-corrected chi connectivity index (χ4v) is 2.04. The molecule has 0 saturated heterocycles. The van der Waals surface area contributed by atoms with Crippen molar-refractivity contribution in [3.63, 3.8) is 0 Å². The first kappa shape index (κ1) is 15.4. The zero-order valence-electron chi connectivity index (χ0n) is 12.0. The van der Waals surface area contributed by atoms with E-state index in [0.29, 0.717) is 21.8 Å². The summed E-state index contributed by atoms with van der Waals surface area (Å²) < 4.78 is 42.3. The van der Waals surface area contributed by atoms with Gasteiger partial charge in [0.1, 0.15) is 12.1 Å². The van der Waals surface area contributed by atoms with Gasteiger partial charge in [-0.05, 0) is 23.6 Å². The molecule has 2 aromatic rings. The lowest BCUT2D eigenvalue weighted by Crippen LogP contribution is -2.35. The van der Waals surface area contributed by atoms with Gasteiger partial charge in [-0.2, -0.15) is 13.2 Å². The molecule has 0 atom stereocenters. The quantitative estimate of drug-likeness (QED) is 0.851. The van der Waals surface area contributed by atoms with Crippen molar-refractivity contribution in [3.05, 3.63) is 35.6 Å². The number of halogens is 3. The van der Waals surface area contributed by atoms with E-state index >= 15 is 0 Å². The Morgan fingerprint density at radius 1 is 1.29 bits per heavy atom. The van der Waals surface area contributed by atoms with E-state index in [1.165, 1.54) is 6.07 Å². The number of benzene rings is 1. The van der Waals surface area contributed by atoms with Crippen LogP contribution in [0.25, 0.3) is 11.0 Å². The average Bonchev–Trinajstić information content (AvgIpc) is 2.78. The molecule has 0 N–H and O–H groups in total. The highest BCUT2D eigenvalue weighted by Crippen LogP contribution is 2.25. The third kappa shape index (κ3) is 3.56. The van der Waals surface area contributed by atoms with E-state index in [-0.39, 0.29) is 5.76 Å². The second kappa shape index (κ2) is 5.42. The van der Waals surface area contributed by atoms with Crippen LogP contribution in [-0.2, 0) is 0 Å².